The standard InChI is InChI=1S/C12H13BrF3NO2/c1-7(2-3-11(18)19)17-10-5-8(12(14,15)16)4-9(13)6-10/h4-7,17H,2-3H2,1H3,(H,18,19). The highest BCUT2D eigenvalue weighted by atomic mass is 79.9. The maximum atomic E-state index is 12.6. The van der Waals surface area contributed by atoms with Gasteiger partial charge in [0.15, 0.2) is 0 Å². The number of alkyl halides is 3. The first-order chi connectivity index (χ1) is 8.68. The third-order valence-electron chi connectivity index (χ3n) is 2.43. The Kier molecular flexibility index (Phi) is 5.22. The van der Waals surface area contributed by atoms with Gasteiger partial charge in [-0.25, -0.2) is 0 Å². The molecule has 0 aromatic heterocycles. The van der Waals surface area contributed by atoms with Crippen LogP contribution in [0, 0.1) is 0 Å². The van der Waals surface area contributed by atoms with E-state index in [0.29, 0.717) is 16.6 Å². The van der Waals surface area contributed by atoms with Crippen LogP contribution in [0.2, 0.25) is 0 Å². The second-order valence-corrected chi connectivity index (χ2v) is 5.12. The highest BCUT2D eigenvalue weighted by Gasteiger charge is 2.31. The topological polar surface area (TPSA) is 49.3 Å². The van der Waals surface area contributed by atoms with E-state index in [1.807, 2.05) is 0 Å². The Morgan fingerprint density at radius 1 is 1.42 bits per heavy atom. The number of carboxylic acids is 1. The quantitative estimate of drug-likeness (QED) is 0.847. The molecule has 0 fully saturated rings. The first-order valence-corrected chi connectivity index (χ1v) is 6.34. The van der Waals surface area contributed by atoms with Gasteiger partial charge < -0.3 is 10.4 Å². The van der Waals surface area contributed by atoms with E-state index in [0.717, 1.165) is 12.1 Å². The second-order valence-electron chi connectivity index (χ2n) is 4.20. The van der Waals surface area contributed by atoms with Gasteiger partial charge in [0.1, 0.15) is 0 Å². The van der Waals surface area contributed by atoms with Crippen LogP contribution in [0.1, 0.15) is 25.3 Å². The molecule has 0 heterocycles. The second kappa shape index (κ2) is 6.27. The van der Waals surface area contributed by atoms with Crippen molar-refractivity contribution < 1.29 is 23.1 Å². The summed E-state index contributed by atoms with van der Waals surface area (Å²) in [6, 6.07) is 3.29. The molecule has 106 valence electrons. The predicted octanol–water partition coefficient (Wildman–Crippen LogP) is 4.13. The van der Waals surface area contributed by atoms with Crippen LogP contribution in [0.3, 0.4) is 0 Å². The van der Waals surface area contributed by atoms with Crippen molar-refractivity contribution in [2.75, 3.05) is 5.32 Å². The summed E-state index contributed by atoms with van der Waals surface area (Å²) in [5.74, 6) is -0.932. The lowest BCUT2D eigenvalue weighted by Gasteiger charge is -2.16. The zero-order valence-electron chi connectivity index (χ0n) is 10.1. The van der Waals surface area contributed by atoms with Crippen molar-refractivity contribution in [2.24, 2.45) is 0 Å². The molecule has 7 heteroatoms. The molecule has 1 atom stereocenters. The highest BCUT2D eigenvalue weighted by molar-refractivity contribution is 9.10. The molecule has 0 saturated carbocycles. The highest BCUT2D eigenvalue weighted by Crippen LogP contribution is 2.33. The van der Waals surface area contributed by atoms with Crippen molar-refractivity contribution in [3.8, 4) is 0 Å². The van der Waals surface area contributed by atoms with Crippen molar-refractivity contribution >= 4 is 27.6 Å². The number of nitrogens with one attached hydrogen (secondary N) is 1. The van der Waals surface area contributed by atoms with Crippen LogP contribution in [-0.4, -0.2) is 17.1 Å². The van der Waals surface area contributed by atoms with Gasteiger partial charge in [0.05, 0.1) is 5.56 Å². The minimum atomic E-state index is -4.41. The third-order valence-corrected chi connectivity index (χ3v) is 2.89. The van der Waals surface area contributed by atoms with Gasteiger partial charge in [-0.15, -0.1) is 0 Å². The van der Waals surface area contributed by atoms with E-state index in [9.17, 15) is 18.0 Å². The summed E-state index contributed by atoms with van der Waals surface area (Å²) >= 11 is 3.02. The van der Waals surface area contributed by atoms with E-state index >= 15 is 0 Å². The largest absolute Gasteiger partial charge is 0.481 e. The molecule has 0 aliphatic carbocycles. The summed E-state index contributed by atoms with van der Waals surface area (Å²) in [7, 11) is 0. The first-order valence-electron chi connectivity index (χ1n) is 5.54. The molecule has 0 amide bonds. The Bertz CT molecular complexity index is 463. The van der Waals surface area contributed by atoms with Gasteiger partial charge in [-0.2, -0.15) is 13.2 Å². The lowest BCUT2D eigenvalue weighted by molar-refractivity contribution is -0.138. The summed E-state index contributed by atoms with van der Waals surface area (Å²) in [6.45, 7) is 1.72. The SMILES string of the molecule is CC(CCC(=O)O)Nc1cc(Br)cc(C(F)(F)F)c1. The molecule has 1 aromatic rings. The fraction of sp³-hybridized carbons (Fsp3) is 0.417. The van der Waals surface area contributed by atoms with E-state index in [1.165, 1.54) is 6.07 Å². The number of benzene rings is 1. The molecule has 0 aliphatic heterocycles. The van der Waals surface area contributed by atoms with E-state index < -0.39 is 17.7 Å². The normalized spacial score (nSPS) is 13.1. The Morgan fingerprint density at radius 3 is 2.58 bits per heavy atom. The maximum Gasteiger partial charge on any atom is 0.416 e. The molecule has 1 aromatic carbocycles. The van der Waals surface area contributed by atoms with Crippen LogP contribution in [0.15, 0.2) is 22.7 Å². The number of aliphatic carboxylic acids is 1. The number of anilines is 1. The van der Waals surface area contributed by atoms with Gasteiger partial charge in [0.2, 0.25) is 0 Å². The average molecular weight is 340 g/mol. The molecule has 0 aliphatic rings. The Balaban J connectivity index is 2.78. The van der Waals surface area contributed by atoms with Gasteiger partial charge in [0.25, 0.3) is 0 Å². The van der Waals surface area contributed by atoms with Crippen molar-refractivity contribution in [2.45, 2.75) is 32.0 Å². The van der Waals surface area contributed by atoms with Crippen LogP contribution in [0.5, 0.6) is 0 Å². The summed E-state index contributed by atoms with van der Waals surface area (Å²) in [6.07, 6.45) is -4.11. The lowest BCUT2D eigenvalue weighted by atomic mass is 10.1. The van der Waals surface area contributed by atoms with E-state index in [2.05, 4.69) is 21.2 Å². The van der Waals surface area contributed by atoms with Crippen LogP contribution < -0.4 is 5.32 Å². The molecule has 3 nitrogen and oxygen atoms in total. The number of carboxylic acid groups (broad SMARTS) is 1. The van der Waals surface area contributed by atoms with Crippen LogP contribution >= 0.6 is 15.9 Å². The molecule has 19 heavy (non-hydrogen) atoms. The van der Waals surface area contributed by atoms with Gasteiger partial charge in [0, 0.05) is 22.6 Å². The summed E-state index contributed by atoms with van der Waals surface area (Å²) in [5.41, 5.74) is -0.450. The van der Waals surface area contributed by atoms with E-state index in [-0.39, 0.29) is 12.5 Å². The molecule has 0 bridgehead atoms. The number of rotatable bonds is 5. The van der Waals surface area contributed by atoms with Gasteiger partial charge >= 0.3 is 12.1 Å². The van der Waals surface area contributed by atoms with Crippen LogP contribution in [0.25, 0.3) is 0 Å². The number of hydrogen-bond donors (Lipinski definition) is 2. The first kappa shape index (κ1) is 15.8. The molecule has 0 spiro atoms. The molecule has 1 unspecified atom stereocenters. The predicted molar refractivity (Wildman–Crippen MR) is 69.1 cm³/mol. The molecule has 2 N–H and O–H groups in total. The molecule has 0 radical (unpaired) electrons. The Hall–Kier alpha value is -1.24. The van der Waals surface area contributed by atoms with E-state index in [4.69, 9.17) is 5.11 Å². The zero-order valence-corrected chi connectivity index (χ0v) is 11.7. The summed E-state index contributed by atoms with van der Waals surface area (Å²) in [4.78, 5) is 10.4. The Morgan fingerprint density at radius 2 is 2.05 bits per heavy atom. The maximum absolute atomic E-state index is 12.6. The van der Waals surface area contributed by atoms with Gasteiger partial charge in [-0.1, -0.05) is 15.9 Å². The minimum absolute atomic E-state index is 0.0334. The van der Waals surface area contributed by atoms with Crippen molar-refractivity contribution in [3.05, 3.63) is 28.2 Å². The van der Waals surface area contributed by atoms with E-state index in [1.54, 1.807) is 6.92 Å². The zero-order chi connectivity index (χ0) is 14.6. The van der Waals surface area contributed by atoms with Crippen molar-refractivity contribution in [1.29, 1.82) is 0 Å². The fourth-order valence-corrected chi connectivity index (χ4v) is 2.03. The number of carbonyl (C=O) groups is 1. The summed E-state index contributed by atoms with van der Waals surface area (Å²) < 4.78 is 38.2. The molecular weight excluding hydrogens is 327 g/mol. The van der Waals surface area contributed by atoms with Crippen molar-refractivity contribution in [3.63, 3.8) is 0 Å². The lowest BCUT2D eigenvalue weighted by Crippen LogP contribution is -2.17. The summed E-state index contributed by atoms with van der Waals surface area (Å²) in [5, 5.41) is 11.4. The Labute approximate surface area is 116 Å². The van der Waals surface area contributed by atoms with Gasteiger partial charge in [-0.3, -0.25) is 4.79 Å². The molecular formula is C12H13BrF3NO2. The van der Waals surface area contributed by atoms with Crippen LogP contribution in [0.4, 0.5) is 18.9 Å². The smallest absolute Gasteiger partial charge is 0.416 e. The van der Waals surface area contributed by atoms with Crippen LogP contribution in [-0.2, 0) is 11.0 Å². The number of halogens is 4. The number of hydrogen-bond acceptors (Lipinski definition) is 2. The average Bonchev–Trinajstić information content (AvgIpc) is 2.24. The monoisotopic (exact) mass is 339 g/mol. The third kappa shape index (κ3) is 5.50. The minimum Gasteiger partial charge on any atom is -0.481 e. The fourth-order valence-electron chi connectivity index (χ4n) is 1.53. The van der Waals surface area contributed by atoms with Crippen molar-refractivity contribution in [1.82, 2.24) is 0 Å². The van der Waals surface area contributed by atoms with Gasteiger partial charge in [-0.05, 0) is 31.5 Å². The molecule has 1 rings (SSSR count). The molecule has 0 saturated heterocycles.